The maximum Gasteiger partial charge on any atom is 0.273 e. The van der Waals surface area contributed by atoms with Gasteiger partial charge in [0.15, 0.2) is 0 Å². The number of nitrogens with zero attached hydrogens (tertiary/aromatic N) is 5. The molecule has 0 saturated heterocycles. The lowest BCUT2D eigenvalue weighted by Gasteiger charge is -2.09. The van der Waals surface area contributed by atoms with E-state index in [1.54, 1.807) is 26.0 Å². The van der Waals surface area contributed by atoms with Crippen LogP contribution in [0.15, 0.2) is 64.8 Å². The molecule has 2 N–H and O–H groups in total. The summed E-state index contributed by atoms with van der Waals surface area (Å²) in [5.41, 5.74) is 6.07. The molecular weight excluding hydrogens is 470 g/mol. The lowest BCUT2D eigenvalue weighted by molar-refractivity contribution is -0.385. The highest BCUT2D eigenvalue weighted by molar-refractivity contribution is 6.01. The topological polar surface area (TPSA) is 182 Å². The zero-order valence-electron chi connectivity index (χ0n) is 19.0. The molecule has 13 heteroatoms. The van der Waals surface area contributed by atoms with Crippen LogP contribution in [-0.4, -0.2) is 39.1 Å². The average molecular weight is 489 g/mol. The number of pyridine rings is 1. The molecule has 0 aliphatic rings. The molecule has 0 saturated carbocycles. The van der Waals surface area contributed by atoms with E-state index in [2.05, 4.69) is 26.0 Å². The van der Waals surface area contributed by atoms with E-state index in [9.17, 15) is 29.8 Å². The Balaban J connectivity index is 1.71. The van der Waals surface area contributed by atoms with Crippen LogP contribution in [0.3, 0.4) is 0 Å². The summed E-state index contributed by atoms with van der Waals surface area (Å²) in [7, 11) is 0. The zero-order valence-corrected chi connectivity index (χ0v) is 19.0. The molecule has 0 atom stereocenters. The summed E-state index contributed by atoms with van der Waals surface area (Å²) in [6, 6.07) is 12.7. The van der Waals surface area contributed by atoms with Gasteiger partial charge in [-0.2, -0.15) is 10.2 Å². The van der Waals surface area contributed by atoms with Gasteiger partial charge in [-0.25, -0.2) is 10.9 Å². The third-order valence-corrected chi connectivity index (χ3v) is 4.81. The van der Waals surface area contributed by atoms with Gasteiger partial charge in [0.1, 0.15) is 0 Å². The molecule has 1 aromatic heterocycles. The Morgan fingerprint density at radius 1 is 0.778 bits per heavy atom. The highest BCUT2D eigenvalue weighted by Gasteiger charge is 2.17. The molecule has 182 valence electrons. The molecule has 36 heavy (non-hydrogen) atoms. The monoisotopic (exact) mass is 489 g/mol. The SMILES string of the molecule is Cc1nc(C)c(C(=O)NN=Cc2cccc([N+](=O)[O-])c2)cc1C(=O)NN=Cc1cccc([N+](=O)[O-])c1. The predicted octanol–water partition coefficient (Wildman–Crippen LogP) is 3.04. The fourth-order valence-electron chi connectivity index (χ4n) is 3.07. The predicted molar refractivity (Wildman–Crippen MR) is 130 cm³/mol. The standard InChI is InChI=1S/C23H19N7O6/c1-14-20(22(31)27-24-12-16-5-3-7-18(9-16)29(33)34)11-21(15(2)26-14)23(32)28-25-13-17-6-4-8-19(10-17)30(35)36/h3-13H,1-2H3,(H,27,31)(H,28,32). The molecular formula is C23H19N7O6. The van der Waals surface area contributed by atoms with Crippen LogP contribution >= 0.6 is 0 Å². The molecule has 2 aromatic carbocycles. The van der Waals surface area contributed by atoms with E-state index in [0.717, 1.165) is 0 Å². The number of hydrazone groups is 2. The molecule has 3 aromatic rings. The van der Waals surface area contributed by atoms with Crippen molar-refractivity contribution in [2.24, 2.45) is 10.2 Å². The third kappa shape index (κ3) is 6.38. The van der Waals surface area contributed by atoms with Crippen LogP contribution in [-0.2, 0) is 0 Å². The van der Waals surface area contributed by atoms with Gasteiger partial charge in [-0.1, -0.05) is 24.3 Å². The van der Waals surface area contributed by atoms with Crippen LogP contribution in [0.1, 0.15) is 43.2 Å². The first-order chi connectivity index (χ1) is 17.2. The third-order valence-electron chi connectivity index (χ3n) is 4.81. The summed E-state index contributed by atoms with van der Waals surface area (Å²) in [6.07, 6.45) is 2.50. The largest absolute Gasteiger partial charge is 0.273 e. The first-order valence-corrected chi connectivity index (χ1v) is 10.3. The second kappa shape index (κ2) is 11.2. The molecule has 0 spiro atoms. The second-order valence-corrected chi connectivity index (χ2v) is 7.36. The van der Waals surface area contributed by atoms with Gasteiger partial charge in [0.25, 0.3) is 23.2 Å². The fraction of sp³-hybridized carbons (Fsp3) is 0.0870. The van der Waals surface area contributed by atoms with Crippen LogP contribution in [0.2, 0.25) is 0 Å². The number of carbonyl (C=O) groups excluding carboxylic acids is 2. The molecule has 0 unspecified atom stereocenters. The fourth-order valence-corrected chi connectivity index (χ4v) is 3.07. The van der Waals surface area contributed by atoms with Crippen molar-refractivity contribution in [3.63, 3.8) is 0 Å². The van der Waals surface area contributed by atoms with Crippen molar-refractivity contribution in [1.82, 2.24) is 15.8 Å². The van der Waals surface area contributed by atoms with Crippen LogP contribution in [0.4, 0.5) is 11.4 Å². The lowest BCUT2D eigenvalue weighted by atomic mass is 10.1. The van der Waals surface area contributed by atoms with Crippen molar-refractivity contribution in [1.29, 1.82) is 0 Å². The van der Waals surface area contributed by atoms with Crippen LogP contribution < -0.4 is 10.9 Å². The van der Waals surface area contributed by atoms with Gasteiger partial charge in [-0.05, 0) is 19.9 Å². The summed E-state index contributed by atoms with van der Waals surface area (Å²) in [5, 5.41) is 29.4. The van der Waals surface area contributed by atoms with Gasteiger partial charge in [-0.3, -0.25) is 34.8 Å². The Labute approximate surface area is 203 Å². The van der Waals surface area contributed by atoms with Gasteiger partial charge >= 0.3 is 0 Å². The Hall–Kier alpha value is -5.33. The summed E-state index contributed by atoms with van der Waals surface area (Å²) in [4.78, 5) is 50.1. The number of nitro benzene ring substituents is 2. The highest BCUT2D eigenvalue weighted by Crippen LogP contribution is 2.14. The van der Waals surface area contributed by atoms with E-state index in [-0.39, 0.29) is 22.5 Å². The average Bonchev–Trinajstić information content (AvgIpc) is 2.84. The van der Waals surface area contributed by atoms with Gasteiger partial charge in [-0.15, -0.1) is 0 Å². The lowest BCUT2D eigenvalue weighted by Crippen LogP contribution is -2.23. The van der Waals surface area contributed by atoms with E-state index in [0.29, 0.717) is 22.5 Å². The van der Waals surface area contributed by atoms with Crippen LogP contribution in [0.25, 0.3) is 0 Å². The van der Waals surface area contributed by atoms with Gasteiger partial charge in [0.05, 0.1) is 44.8 Å². The maximum atomic E-state index is 12.6. The number of rotatable bonds is 8. The summed E-state index contributed by atoms with van der Waals surface area (Å²) in [6.45, 7) is 3.18. The number of non-ortho nitro benzene ring substituents is 2. The van der Waals surface area contributed by atoms with Crippen molar-refractivity contribution in [2.45, 2.75) is 13.8 Å². The number of nitro groups is 2. The van der Waals surface area contributed by atoms with Gasteiger partial charge in [0, 0.05) is 35.4 Å². The summed E-state index contributed by atoms with van der Waals surface area (Å²) in [5.74, 6) is -1.29. The highest BCUT2D eigenvalue weighted by atomic mass is 16.6. The number of benzene rings is 2. The maximum absolute atomic E-state index is 12.6. The van der Waals surface area contributed by atoms with Crippen molar-refractivity contribution < 1.29 is 19.4 Å². The van der Waals surface area contributed by atoms with Gasteiger partial charge < -0.3 is 0 Å². The Bertz CT molecular complexity index is 1320. The van der Waals surface area contributed by atoms with E-state index in [1.165, 1.54) is 54.9 Å². The van der Waals surface area contributed by atoms with Crippen molar-refractivity contribution >= 4 is 35.6 Å². The van der Waals surface area contributed by atoms with E-state index < -0.39 is 21.7 Å². The Kier molecular flexibility index (Phi) is 7.87. The zero-order chi connectivity index (χ0) is 26.2. The van der Waals surface area contributed by atoms with Crippen LogP contribution in [0.5, 0.6) is 0 Å². The number of hydrogen-bond acceptors (Lipinski definition) is 9. The van der Waals surface area contributed by atoms with E-state index in [4.69, 9.17) is 0 Å². The minimum atomic E-state index is -0.643. The molecule has 13 nitrogen and oxygen atoms in total. The van der Waals surface area contributed by atoms with E-state index >= 15 is 0 Å². The minimum absolute atomic E-state index is 0.0876. The van der Waals surface area contributed by atoms with Gasteiger partial charge in [0.2, 0.25) is 0 Å². The summed E-state index contributed by atoms with van der Waals surface area (Å²) >= 11 is 0. The number of aryl methyl sites for hydroxylation is 2. The number of nitrogens with one attached hydrogen (secondary N) is 2. The molecule has 0 radical (unpaired) electrons. The minimum Gasteiger partial charge on any atom is -0.267 e. The number of carbonyl (C=O) groups is 2. The first kappa shape index (κ1) is 25.3. The normalized spacial score (nSPS) is 10.9. The molecule has 0 aliphatic carbocycles. The number of amides is 2. The van der Waals surface area contributed by atoms with E-state index in [1.807, 2.05) is 0 Å². The molecule has 3 rings (SSSR count). The van der Waals surface area contributed by atoms with Crippen molar-refractivity contribution in [3.8, 4) is 0 Å². The van der Waals surface area contributed by atoms with Crippen molar-refractivity contribution in [2.75, 3.05) is 0 Å². The molecule has 0 aliphatic heterocycles. The number of hydrogen-bond donors (Lipinski definition) is 2. The summed E-state index contributed by atoms with van der Waals surface area (Å²) < 4.78 is 0. The Morgan fingerprint density at radius 2 is 1.19 bits per heavy atom. The molecule has 1 heterocycles. The smallest absolute Gasteiger partial charge is 0.267 e. The quantitative estimate of drug-likeness (QED) is 0.277. The van der Waals surface area contributed by atoms with Crippen LogP contribution in [0, 0.1) is 34.1 Å². The second-order valence-electron chi connectivity index (χ2n) is 7.36. The first-order valence-electron chi connectivity index (χ1n) is 10.3. The Morgan fingerprint density at radius 3 is 1.58 bits per heavy atom. The molecule has 0 fully saturated rings. The molecule has 0 bridgehead atoms. The number of aromatic nitrogens is 1. The van der Waals surface area contributed by atoms with Crippen molar-refractivity contribution in [3.05, 3.63) is 108 Å². The molecule has 2 amide bonds.